The lowest BCUT2D eigenvalue weighted by atomic mass is 9.42. The van der Waals surface area contributed by atoms with Crippen molar-refractivity contribution in [3.05, 3.63) is 35.5 Å². The van der Waals surface area contributed by atoms with Gasteiger partial charge in [-0.3, -0.25) is 4.79 Å². The van der Waals surface area contributed by atoms with Crippen molar-refractivity contribution in [1.82, 2.24) is 0 Å². The first-order chi connectivity index (χ1) is 16.4. The van der Waals surface area contributed by atoms with Gasteiger partial charge in [0.1, 0.15) is 24.9 Å². The highest BCUT2D eigenvalue weighted by Crippen LogP contribution is 2.69. The number of carbonyl (C=O) groups excluding carboxylic acids is 3. The lowest BCUT2D eigenvalue weighted by Gasteiger charge is -2.64. The number of hydrogen-bond acceptors (Lipinski definition) is 8. The molecule has 2 heterocycles. The lowest BCUT2D eigenvalue weighted by Crippen LogP contribution is -2.71. The molecular weight excluding hydrogens is 452 g/mol. The summed E-state index contributed by atoms with van der Waals surface area (Å²) in [6, 6.07) is 0. The Balaban J connectivity index is 1.83. The number of allylic oxidation sites excluding steroid dienone is 1. The van der Waals surface area contributed by atoms with Gasteiger partial charge in [-0.25, -0.2) is 9.59 Å². The zero-order valence-electron chi connectivity index (χ0n) is 21.2. The van der Waals surface area contributed by atoms with Gasteiger partial charge in [-0.15, -0.1) is 0 Å². The van der Waals surface area contributed by atoms with Crippen LogP contribution in [-0.2, 0) is 33.3 Å². The molecule has 0 aromatic rings. The van der Waals surface area contributed by atoms with Crippen LogP contribution in [0.4, 0.5) is 0 Å². The summed E-state index contributed by atoms with van der Waals surface area (Å²) >= 11 is 0. The molecule has 0 aromatic heterocycles. The van der Waals surface area contributed by atoms with E-state index in [1.165, 1.54) is 13.0 Å². The van der Waals surface area contributed by atoms with Gasteiger partial charge in [-0.2, -0.15) is 0 Å². The SMILES string of the molecule is C/C=C(\C)C(=O)O[C@H]1C[C@](C)(O)[C@@](C)(/C=C/C2=CC(=O)OC2)[C@H]2CCC[C@]3(CO3)[C@]12COC(C)=O. The molecule has 1 saturated heterocycles. The van der Waals surface area contributed by atoms with E-state index in [-0.39, 0.29) is 31.5 Å². The van der Waals surface area contributed by atoms with Gasteiger partial charge >= 0.3 is 17.9 Å². The van der Waals surface area contributed by atoms with Crippen LogP contribution in [0.5, 0.6) is 0 Å². The first kappa shape index (κ1) is 25.6. The second kappa shape index (κ2) is 8.89. The Hall–Kier alpha value is -2.45. The van der Waals surface area contributed by atoms with Gasteiger partial charge < -0.3 is 24.1 Å². The maximum Gasteiger partial charge on any atom is 0.333 e. The minimum Gasteiger partial charge on any atom is -0.465 e. The Kier molecular flexibility index (Phi) is 6.51. The summed E-state index contributed by atoms with van der Waals surface area (Å²) in [5.41, 5.74) is -2.30. The Morgan fingerprint density at radius 2 is 2.00 bits per heavy atom. The monoisotopic (exact) mass is 488 g/mol. The van der Waals surface area contributed by atoms with Crippen molar-refractivity contribution < 1.29 is 38.4 Å². The van der Waals surface area contributed by atoms with Gasteiger partial charge in [0.25, 0.3) is 0 Å². The second-order valence-electron chi connectivity index (χ2n) is 10.8. The zero-order chi connectivity index (χ0) is 25.6. The highest BCUT2D eigenvalue weighted by Gasteiger charge is 2.77. The molecule has 2 saturated carbocycles. The van der Waals surface area contributed by atoms with Crippen LogP contribution in [0.1, 0.15) is 60.3 Å². The molecule has 4 aliphatic rings. The topological polar surface area (TPSA) is 112 Å². The van der Waals surface area contributed by atoms with Crippen LogP contribution in [0.15, 0.2) is 35.5 Å². The predicted molar refractivity (Wildman–Crippen MR) is 126 cm³/mol. The summed E-state index contributed by atoms with van der Waals surface area (Å²) in [5.74, 6) is -1.49. The number of rotatable bonds is 6. The van der Waals surface area contributed by atoms with Crippen molar-refractivity contribution in [2.45, 2.75) is 77.6 Å². The number of fused-ring (bicyclic) bond motifs is 2. The Bertz CT molecular complexity index is 1000. The van der Waals surface area contributed by atoms with Crippen molar-refractivity contribution in [3.63, 3.8) is 0 Å². The molecule has 0 radical (unpaired) electrons. The molecule has 8 nitrogen and oxygen atoms in total. The Labute approximate surface area is 206 Å². The maximum atomic E-state index is 12.9. The summed E-state index contributed by atoms with van der Waals surface area (Å²) in [4.78, 5) is 36.5. The summed E-state index contributed by atoms with van der Waals surface area (Å²) < 4.78 is 22.9. The molecule has 8 heteroatoms. The molecular formula is C27H36O8. The molecule has 0 unspecified atom stereocenters. The van der Waals surface area contributed by atoms with Gasteiger partial charge in [0, 0.05) is 30.4 Å². The maximum absolute atomic E-state index is 12.9. The smallest absolute Gasteiger partial charge is 0.333 e. The van der Waals surface area contributed by atoms with E-state index < -0.39 is 40.1 Å². The molecule has 0 amide bonds. The number of epoxide rings is 1. The van der Waals surface area contributed by atoms with Gasteiger partial charge in [0.05, 0.1) is 17.6 Å². The summed E-state index contributed by atoms with van der Waals surface area (Å²) in [6.45, 7) is 9.27. The van der Waals surface area contributed by atoms with Crippen molar-refractivity contribution in [3.8, 4) is 0 Å². The summed E-state index contributed by atoms with van der Waals surface area (Å²) in [5, 5.41) is 11.9. The molecule has 2 aliphatic carbocycles. The first-order valence-corrected chi connectivity index (χ1v) is 12.3. The first-order valence-electron chi connectivity index (χ1n) is 12.3. The third-order valence-corrected chi connectivity index (χ3v) is 8.92. The van der Waals surface area contributed by atoms with Crippen LogP contribution in [0, 0.1) is 16.7 Å². The third kappa shape index (κ3) is 4.14. The van der Waals surface area contributed by atoms with E-state index in [9.17, 15) is 19.5 Å². The van der Waals surface area contributed by atoms with Crippen molar-refractivity contribution in [2.75, 3.05) is 19.8 Å². The van der Waals surface area contributed by atoms with E-state index in [1.54, 1.807) is 26.8 Å². The summed E-state index contributed by atoms with van der Waals surface area (Å²) in [7, 11) is 0. The third-order valence-electron chi connectivity index (χ3n) is 8.92. The standard InChI is InChI=1S/C27H36O8/c1-6-17(2)23(30)35-21-13-25(5,31)24(4,11-9-19-12-22(29)32-14-19)20-8-7-10-26(15-34-26)27(20,21)16-33-18(3)28/h6,9,11-12,20-21,31H,7-8,10,13-16H2,1-5H3/b11-9+,17-6+/t20-,21+,24+,25+,26+,27+/m1/s1. The second-order valence-corrected chi connectivity index (χ2v) is 10.8. The van der Waals surface area contributed by atoms with Gasteiger partial charge in [-0.05, 0) is 45.1 Å². The van der Waals surface area contributed by atoms with Crippen LogP contribution in [0.25, 0.3) is 0 Å². The van der Waals surface area contributed by atoms with Crippen LogP contribution in [0.3, 0.4) is 0 Å². The lowest BCUT2D eigenvalue weighted by molar-refractivity contribution is -0.253. The van der Waals surface area contributed by atoms with E-state index in [1.807, 2.05) is 19.1 Å². The fraction of sp³-hybridized carbons (Fsp3) is 0.667. The fourth-order valence-electron chi connectivity index (χ4n) is 6.48. The molecule has 3 fully saturated rings. The minimum absolute atomic E-state index is 0.0314. The Morgan fingerprint density at radius 1 is 1.29 bits per heavy atom. The molecule has 4 rings (SSSR count). The van der Waals surface area contributed by atoms with E-state index in [4.69, 9.17) is 18.9 Å². The zero-order valence-corrected chi connectivity index (χ0v) is 21.2. The van der Waals surface area contributed by atoms with Crippen molar-refractivity contribution in [2.24, 2.45) is 16.7 Å². The molecule has 1 spiro atoms. The molecule has 1 N–H and O–H groups in total. The number of hydrogen-bond donors (Lipinski definition) is 1. The number of esters is 3. The van der Waals surface area contributed by atoms with Crippen LogP contribution in [-0.4, -0.2) is 60.1 Å². The van der Waals surface area contributed by atoms with E-state index in [0.717, 1.165) is 24.8 Å². The fourth-order valence-corrected chi connectivity index (χ4v) is 6.48. The largest absolute Gasteiger partial charge is 0.465 e. The normalized spacial score (nSPS) is 40.8. The van der Waals surface area contributed by atoms with E-state index in [2.05, 4.69) is 0 Å². The van der Waals surface area contributed by atoms with Gasteiger partial charge in [-0.1, -0.05) is 31.6 Å². The number of aliphatic hydroxyl groups is 1. The predicted octanol–water partition coefficient (Wildman–Crippen LogP) is 3.18. The number of carbonyl (C=O) groups is 3. The molecule has 0 bridgehead atoms. The van der Waals surface area contributed by atoms with Gasteiger partial charge in [0.15, 0.2) is 0 Å². The van der Waals surface area contributed by atoms with E-state index in [0.29, 0.717) is 12.2 Å². The van der Waals surface area contributed by atoms with Crippen molar-refractivity contribution in [1.29, 1.82) is 0 Å². The molecule has 0 aromatic carbocycles. The number of cyclic esters (lactones) is 1. The average molecular weight is 489 g/mol. The van der Waals surface area contributed by atoms with Crippen molar-refractivity contribution >= 4 is 17.9 Å². The van der Waals surface area contributed by atoms with Crippen LogP contribution in [0.2, 0.25) is 0 Å². The molecule has 35 heavy (non-hydrogen) atoms. The average Bonchev–Trinajstić information content (AvgIpc) is 3.45. The minimum atomic E-state index is -1.26. The quantitative estimate of drug-likeness (QED) is 0.263. The Morgan fingerprint density at radius 3 is 2.57 bits per heavy atom. The molecule has 6 atom stereocenters. The van der Waals surface area contributed by atoms with Gasteiger partial charge in [0.2, 0.25) is 0 Å². The molecule has 2 aliphatic heterocycles. The highest BCUT2D eigenvalue weighted by molar-refractivity contribution is 5.88. The van der Waals surface area contributed by atoms with E-state index >= 15 is 0 Å². The summed E-state index contributed by atoms with van der Waals surface area (Å²) in [6.07, 6.45) is 8.70. The molecule has 192 valence electrons. The highest BCUT2D eigenvalue weighted by atomic mass is 16.6. The van der Waals surface area contributed by atoms with Crippen LogP contribution < -0.4 is 0 Å². The number of ether oxygens (including phenoxy) is 4. The van der Waals surface area contributed by atoms with Crippen LogP contribution >= 0.6 is 0 Å².